The molecule has 29 heavy (non-hydrogen) atoms. The van der Waals surface area contributed by atoms with Gasteiger partial charge in [0.15, 0.2) is 0 Å². The number of methoxy groups -OCH3 is 2. The smallest absolute Gasteiger partial charge is 0.244 e. The maximum atomic E-state index is 13.5. The third-order valence-electron chi connectivity index (χ3n) is 5.15. The van der Waals surface area contributed by atoms with Crippen LogP contribution in [0.4, 0.5) is 4.39 Å². The molecule has 0 amide bonds. The van der Waals surface area contributed by atoms with Gasteiger partial charge in [0.2, 0.25) is 10.0 Å². The SMILES string of the molecule is COc1ccc(OC)c([C@H]2c3cccn3CCN2S(=O)(=O)c2ccc(F)cc2)c1. The molecule has 0 saturated carbocycles. The van der Waals surface area contributed by atoms with Crippen molar-refractivity contribution in [1.82, 2.24) is 8.87 Å². The summed E-state index contributed by atoms with van der Waals surface area (Å²) in [5, 5.41) is 0. The summed E-state index contributed by atoms with van der Waals surface area (Å²) >= 11 is 0. The molecule has 2 heterocycles. The molecule has 1 atom stereocenters. The van der Waals surface area contributed by atoms with Crippen LogP contribution in [0.3, 0.4) is 0 Å². The largest absolute Gasteiger partial charge is 0.497 e. The molecule has 152 valence electrons. The van der Waals surface area contributed by atoms with Gasteiger partial charge in [-0.1, -0.05) is 0 Å². The second kappa shape index (κ2) is 7.53. The number of hydrogen-bond acceptors (Lipinski definition) is 4. The second-order valence-corrected chi connectivity index (χ2v) is 8.60. The summed E-state index contributed by atoms with van der Waals surface area (Å²) in [7, 11) is -0.779. The minimum absolute atomic E-state index is 0.0470. The first-order valence-electron chi connectivity index (χ1n) is 9.10. The van der Waals surface area contributed by atoms with E-state index >= 15 is 0 Å². The van der Waals surface area contributed by atoms with Gasteiger partial charge in [0, 0.05) is 30.5 Å². The topological polar surface area (TPSA) is 60.8 Å². The standard InChI is InChI=1S/C21H21FN2O4S/c1-27-16-7-10-20(28-2)18(14-16)21-19-4-3-11-23(19)12-13-24(21)29(25,26)17-8-5-15(22)6-9-17/h3-11,14,21H,12-13H2,1-2H3/t21-/m0/s1. The first-order valence-corrected chi connectivity index (χ1v) is 10.5. The molecule has 0 saturated heterocycles. The van der Waals surface area contributed by atoms with E-state index in [-0.39, 0.29) is 11.4 Å². The molecule has 0 N–H and O–H groups in total. The van der Waals surface area contributed by atoms with Crippen LogP contribution in [-0.2, 0) is 16.6 Å². The van der Waals surface area contributed by atoms with Crippen LogP contribution in [0.1, 0.15) is 17.3 Å². The number of fused-ring (bicyclic) bond motifs is 1. The lowest BCUT2D eigenvalue weighted by atomic mass is 10.0. The van der Waals surface area contributed by atoms with Crippen molar-refractivity contribution < 1.29 is 22.3 Å². The Balaban J connectivity index is 1.90. The maximum absolute atomic E-state index is 13.5. The summed E-state index contributed by atoms with van der Waals surface area (Å²) in [6, 6.07) is 13.4. The normalized spacial score (nSPS) is 17.0. The molecule has 1 aliphatic rings. The Labute approximate surface area is 169 Å². The molecule has 0 radical (unpaired) electrons. The van der Waals surface area contributed by atoms with E-state index in [0.717, 1.165) is 17.8 Å². The van der Waals surface area contributed by atoms with E-state index in [2.05, 4.69) is 0 Å². The predicted molar refractivity (Wildman–Crippen MR) is 106 cm³/mol. The molecule has 8 heteroatoms. The minimum atomic E-state index is -3.88. The van der Waals surface area contributed by atoms with Crippen LogP contribution in [0.25, 0.3) is 0 Å². The highest BCUT2D eigenvalue weighted by Gasteiger charge is 2.39. The Hall–Kier alpha value is -2.84. The van der Waals surface area contributed by atoms with Gasteiger partial charge in [0.05, 0.1) is 25.2 Å². The van der Waals surface area contributed by atoms with Gasteiger partial charge in [-0.25, -0.2) is 12.8 Å². The van der Waals surface area contributed by atoms with Crippen molar-refractivity contribution in [2.75, 3.05) is 20.8 Å². The highest BCUT2D eigenvalue weighted by molar-refractivity contribution is 7.89. The summed E-state index contributed by atoms with van der Waals surface area (Å²) < 4.78 is 54.7. The second-order valence-electron chi connectivity index (χ2n) is 6.71. The molecule has 3 aromatic rings. The molecule has 4 rings (SSSR count). The highest BCUT2D eigenvalue weighted by Crippen LogP contribution is 2.41. The van der Waals surface area contributed by atoms with E-state index < -0.39 is 21.9 Å². The van der Waals surface area contributed by atoms with Crippen LogP contribution in [-0.4, -0.2) is 38.1 Å². The van der Waals surface area contributed by atoms with E-state index in [9.17, 15) is 12.8 Å². The van der Waals surface area contributed by atoms with Gasteiger partial charge < -0.3 is 14.0 Å². The van der Waals surface area contributed by atoms with Gasteiger partial charge in [-0.05, 0) is 54.6 Å². The van der Waals surface area contributed by atoms with Gasteiger partial charge >= 0.3 is 0 Å². The molecule has 0 bridgehead atoms. The van der Waals surface area contributed by atoms with Gasteiger partial charge in [-0.15, -0.1) is 0 Å². The number of aromatic nitrogens is 1. The molecular weight excluding hydrogens is 395 g/mol. The molecule has 0 fully saturated rings. The van der Waals surface area contributed by atoms with Crippen LogP contribution in [0.5, 0.6) is 11.5 Å². The van der Waals surface area contributed by atoms with Gasteiger partial charge in [0.25, 0.3) is 0 Å². The first-order chi connectivity index (χ1) is 14.0. The number of rotatable bonds is 5. The fourth-order valence-electron chi connectivity index (χ4n) is 3.73. The monoisotopic (exact) mass is 416 g/mol. The summed E-state index contributed by atoms with van der Waals surface area (Å²) in [5.41, 5.74) is 1.51. The fraction of sp³-hybridized carbons (Fsp3) is 0.238. The Kier molecular flexibility index (Phi) is 5.06. The Morgan fingerprint density at radius 3 is 2.45 bits per heavy atom. The third kappa shape index (κ3) is 3.38. The van der Waals surface area contributed by atoms with Crippen molar-refractivity contribution >= 4 is 10.0 Å². The molecular formula is C21H21FN2O4S. The summed E-state index contributed by atoms with van der Waals surface area (Å²) in [5.74, 6) is 0.677. The number of halogens is 1. The van der Waals surface area contributed by atoms with E-state index in [4.69, 9.17) is 9.47 Å². The average Bonchev–Trinajstić information content (AvgIpc) is 3.21. The third-order valence-corrected chi connectivity index (χ3v) is 7.02. The van der Waals surface area contributed by atoms with Crippen LogP contribution in [0.15, 0.2) is 65.7 Å². The molecule has 1 aliphatic heterocycles. The van der Waals surface area contributed by atoms with Crippen LogP contribution in [0.2, 0.25) is 0 Å². The van der Waals surface area contributed by atoms with E-state index in [0.29, 0.717) is 23.6 Å². The van der Waals surface area contributed by atoms with Crippen LogP contribution in [0, 0.1) is 5.82 Å². The van der Waals surface area contributed by atoms with Crippen molar-refractivity contribution in [1.29, 1.82) is 0 Å². The minimum Gasteiger partial charge on any atom is -0.497 e. The Morgan fingerprint density at radius 2 is 1.76 bits per heavy atom. The molecule has 1 aromatic heterocycles. The molecule has 0 unspecified atom stereocenters. The fourth-order valence-corrected chi connectivity index (χ4v) is 5.30. The van der Waals surface area contributed by atoms with Crippen molar-refractivity contribution in [2.24, 2.45) is 0 Å². The zero-order valence-corrected chi connectivity index (χ0v) is 16.9. The number of nitrogens with zero attached hydrogens (tertiary/aromatic N) is 2. The number of sulfonamides is 1. The van der Waals surface area contributed by atoms with Crippen LogP contribution < -0.4 is 9.47 Å². The van der Waals surface area contributed by atoms with E-state index in [1.165, 1.54) is 16.4 Å². The van der Waals surface area contributed by atoms with Crippen molar-refractivity contribution in [2.45, 2.75) is 17.5 Å². The quantitative estimate of drug-likeness (QED) is 0.639. The van der Waals surface area contributed by atoms with Gasteiger partial charge in [-0.2, -0.15) is 4.31 Å². The predicted octanol–water partition coefficient (Wildman–Crippen LogP) is 3.44. The zero-order valence-electron chi connectivity index (χ0n) is 16.1. The van der Waals surface area contributed by atoms with Crippen molar-refractivity contribution in [3.63, 3.8) is 0 Å². The maximum Gasteiger partial charge on any atom is 0.244 e. The molecule has 6 nitrogen and oxygen atoms in total. The summed E-state index contributed by atoms with van der Waals surface area (Å²) in [6.45, 7) is 0.790. The van der Waals surface area contributed by atoms with Crippen LogP contribution >= 0.6 is 0 Å². The number of ether oxygens (including phenoxy) is 2. The van der Waals surface area contributed by atoms with E-state index in [1.807, 2.05) is 22.9 Å². The zero-order chi connectivity index (χ0) is 20.6. The van der Waals surface area contributed by atoms with Gasteiger partial charge in [-0.3, -0.25) is 0 Å². The Morgan fingerprint density at radius 1 is 1.00 bits per heavy atom. The molecule has 0 spiro atoms. The Bertz CT molecular complexity index is 1130. The first kappa shape index (κ1) is 19.5. The highest BCUT2D eigenvalue weighted by atomic mass is 32.2. The lowest BCUT2D eigenvalue weighted by molar-refractivity contribution is 0.289. The van der Waals surface area contributed by atoms with Crippen molar-refractivity contribution in [3.05, 3.63) is 77.9 Å². The number of hydrogen-bond donors (Lipinski definition) is 0. The molecule has 0 aliphatic carbocycles. The lowest BCUT2D eigenvalue weighted by Gasteiger charge is -2.37. The summed E-state index contributed by atoms with van der Waals surface area (Å²) in [4.78, 5) is 0.0470. The number of benzene rings is 2. The van der Waals surface area contributed by atoms with E-state index in [1.54, 1.807) is 32.4 Å². The summed E-state index contributed by atoms with van der Waals surface area (Å²) in [6.07, 6.45) is 1.93. The molecule has 2 aromatic carbocycles. The lowest BCUT2D eigenvalue weighted by Crippen LogP contribution is -2.42. The average molecular weight is 416 g/mol. The van der Waals surface area contributed by atoms with Gasteiger partial charge in [0.1, 0.15) is 17.3 Å². The van der Waals surface area contributed by atoms with Crippen molar-refractivity contribution in [3.8, 4) is 11.5 Å².